The highest BCUT2D eigenvalue weighted by atomic mass is 16.6. The van der Waals surface area contributed by atoms with Gasteiger partial charge in [-0.1, -0.05) is 0 Å². The van der Waals surface area contributed by atoms with Crippen molar-refractivity contribution in [1.82, 2.24) is 15.5 Å². The lowest BCUT2D eigenvalue weighted by Crippen LogP contribution is -2.36. The van der Waals surface area contributed by atoms with Gasteiger partial charge < -0.3 is 29.6 Å². The van der Waals surface area contributed by atoms with E-state index in [0.29, 0.717) is 36.1 Å². The molecule has 2 aromatic rings. The van der Waals surface area contributed by atoms with Gasteiger partial charge in [0.05, 0.1) is 14.2 Å². The van der Waals surface area contributed by atoms with Crippen LogP contribution in [0.15, 0.2) is 18.2 Å². The third kappa shape index (κ3) is 4.23. The Morgan fingerprint density at radius 2 is 1.59 bits per heavy atom. The van der Waals surface area contributed by atoms with Gasteiger partial charge >= 0.3 is 12.2 Å². The molecule has 0 fully saturated rings. The van der Waals surface area contributed by atoms with E-state index < -0.39 is 12.2 Å². The maximum absolute atomic E-state index is 12.3. The van der Waals surface area contributed by atoms with Gasteiger partial charge in [-0.2, -0.15) is 0 Å². The van der Waals surface area contributed by atoms with Crippen molar-refractivity contribution in [1.29, 1.82) is 0 Å². The molecule has 0 bridgehead atoms. The number of likely N-dealkylation sites (N-methyl/N-ethyl adjacent to an activating group) is 1. The van der Waals surface area contributed by atoms with Crippen LogP contribution in [0.25, 0.3) is 11.1 Å². The lowest BCUT2D eigenvalue weighted by molar-refractivity contribution is 0.198. The zero-order chi connectivity index (χ0) is 24.4. The van der Waals surface area contributed by atoms with Crippen molar-refractivity contribution in [2.45, 2.75) is 32.7 Å². The molecule has 1 heterocycles. The van der Waals surface area contributed by atoms with E-state index >= 15 is 0 Å². The summed E-state index contributed by atoms with van der Waals surface area (Å²) in [5.74, 6) is 1.65. The molecule has 9 heteroatoms. The number of benzene rings is 2. The van der Waals surface area contributed by atoms with E-state index in [1.54, 1.807) is 7.11 Å². The molecule has 182 valence electrons. The second-order valence-electron chi connectivity index (χ2n) is 8.31. The standard InChI is InChI=1S/C25H31N3O6/c1-6-26-24(29)33-19-12-15-10-17-21-14(8-9-28(17)3)11-20(34-25(30)27-7-2)23(32-5)22(21)16(15)13-18(19)31-4/h11-13,17H,6-10H2,1-5H3,(H,26,29)(H,27,30). The Kier molecular flexibility index (Phi) is 6.83. The summed E-state index contributed by atoms with van der Waals surface area (Å²) in [7, 11) is 5.21. The number of carbonyl (C=O) groups excluding carboxylic acids is 2. The number of carbonyl (C=O) groups is 2. The fourth-order valence-electron chi connectivity index (χ4n) is 4.78. The minimum Gasteiger partial charge on any atom is -0.493 e. The number of amides is 2. The minimum atomic E-state index is -0.538. The van der Waals surface area contributed by atoms with Crippen LogP contribution >= 0.6 is 0 Å². The van der Waals surface area contributed by atoms with Gasteiger partial charge in [-0.3, -0.25) is 4.90 Å². The molecule has 4 rings (SSSR count). The molecule has 2 aromatic carbocycles. The highest BCUT2D eigenvalue weighted by molar-refractivity contribution is 5.86. The minimum absolute atomic E-state index is 0.115. The number of rotatable bonds is 6. The molecule has 34 heavy (non-hydrogen) atoms. The number of hydrogen-bond donors (Lipinski definition) is 2. The molecule has 2 N–H and O–H groups in total. The zero-order valence-electron chi connectivity index (χ0n) is 20.2. The third-order valence-corrected chi connectivity index (χ3v) is 6.29. The van der Waals surface area contributed by atoms with Crippen molar-refractivity contribution in [2.75, 3.05) is 40.9 Å². The molecule has 1 atom stereocenters. The molecule has 2 amide bonds. The van der Waals surface area contributed by atoms with Crippen molar-refractivity contribution < 1.29 is 28.5 Å². The van der Waals surface area contributed by atoms with Crippen LogP contribution in [0.4, 0.5) is 9.59 Å². The first-order valence-electron chi connectivity index (χ1n) is 11.5. The molecular formula is C25H31N3O6. The van der Waals surface area contributed by atoms with Gasteiger partial charge in [-0.05, 0) is 74.2 Å². The summed E-state index contributed by atoms with van der Waals surface area (Å²) in [6, 6.07) is 5.75. The Morgan fingerprint density at radius 3 is 2.21 bits per heavy atom. The lowest BCUT2D eigenvalue weighted by atomic mass is 9.76. The third-order valence-electron chi connectivity index (χ3n) is 6.29. The molecule has 1 aliphatic carbocycles. The van der Waals surface area contributed by atoms with Crippen LogP contribution in [-0.2, 0) is 12.8 Å². The number of nitrogens with one attached hydrogen (secondary N) is 2. The second-order valence-corrected chi connectivity index (χ2v) is 8.31. The average Bonchev–Trinajstić information content (AvgIpc) is 2.81. The van der Waals surface area contributed by atoms with Crippen molar-refractivity contribution in [3.05, 3.63) is 34.9 Å². The maximum Gasteiger partial charge on any atom is 0.412 e. The van der Waals surface area contributed by atoms with E-state index in [0.717, 1.165) is 41.6 Å². The Hall–Kier alpha value is -3.46. The van der Waals surface area contributed by atoms with E-state index in [-0.39, 0.29) is 6.04 Å². The summed E-state index contributed by atoms with van der Waals surface area (Å²) in [6.45, 7) is 5.45. The van der Waals surface area contributed by atoms with Crippen LogP contribution in [0.1, 0.15) is 36.6 Å². The van der Waals surface area contributed by atoms with E-state index in [1.807, 2.05) is 32.0 Å². The monoisotopic (exact) mass is 469 g/mol. The summed E-state index contributed by atoms with van der Waals surface area (Å²) in [6.07, 6.45) is 0.498. The summed E-state index contributed by atoms with van der Waals surface area (Å²) in [5.41, 5.74) is 5.07. The van der Waals surface area contributed by atoms with Crippen LogP contribution in [0.5, 0.6) is 23.0 Å². The van der Waals surface area contributed by atoms with E-state index in [2.05, 4.69) is 22.6 Å². The van der Waals surface area contributed by atoms with Crippen molar-refractivity contribution >= 4 is 12.2 Å². The molecule has 2 aliphatic rings. The first-order valence-corrected chi connectivity index (χ1v) is 11.5. The Bertz CT molecular complexity index is 1120. The highest BCUT2D eigenvalue weighted by Crippen LogP contribution is 2.54. The SMILES string of the molecule is CCNC(=O)Oc1cc2c(cc1OC)-c1c(OC)c(OC(=O)NCC)cc3c1C(C2)N(C)CC3. The summed E-state index contributed by atoms with van der Waals surface area (Å²) < 4.78 is 22.6. The summed E-state index contributed by atoms with van der Waals surface area (Å²) in [5, 5.41) is 5.31. The van der Waals surface area contributed by atoms with Gasteiger partial charge in [-0.15, -0.1) is 0 Å². The molecule has 1 unspecified atom stereocenters. The first-order chi connectivity index (χ1) is 16.4. The van der Waals surface area contributed by atoms with E-state index in [4.69, 9.17) is 18.9 Å². The van der Waals surface area contributed by atoms with Gasteiger partial charge in [0.2, 0.25) is 0 Å². The van der Waals surface area contributed by atoms with Crippen LogP contribution in [0.2, 0.25) is 0 Å². The van der Waals surface area contributed by atoms with E-state index in [1.165, 1.54) is 12.7 Å². The molecule has 0 radical (unpaired) electrons. The van der Waals surface area contributed by atoms with Crippen molar-refractivity contribution in [3.63, 3.8) is 0 Å². The molecular weight excluding hydrogens is 438 g/mol. The van der Waals surface area contributed by atoms with Gasteiger partial charge in [0.1, 0.15) is 0 Å². The molecule has 1 aliphatic heterocycles. The van der Waals surface area contributed by atoms with E-state index in [9.17, 15) is 9.59 Å². The quantitative estimate of drug-likeness (QED) is 0.666. The Morgan fingerprint density at radius 1 is 0.941 bits per heavy atom. The normalized spacial score (nSPS) is 16.1. The summed E-state index contributed by atoms with van der Waals surface area (Å²) >= 11 is 0. The van der Waals surface area contributed by atoms with Crippen LogP contribution in [0, 0.1) is 0 Å². The Balaban J connectivity index is 1.91. The van der Waals surface area contributed by atoms with Gasteiger partial charge in [-0.25, -0.2) is 9.59 Å². The maximum atomic E-state index is 12.3. The fourth-order valence-corrected chi connectivity index (χ4v) is 4.78. The number of ether oxygens (including phenoxy) is 4. The molecule has 0 saturated carbocycles. The number of nitrogens with zero attached hydrogens (tertiary/aromatic N) is 1. The smallest absolute Gasteiger partial charge is 0.412 e. The second kappa shape index (κ2) is 9.80. The molecule has 0 saturated heterocycles. The van der Waals surface area contributed by atoms with Crippen LogP contribution < -0.4 is 29.6 Å². The van der Waals surface area contributed by atoms with Gasteiger partial charge in [0, 0.05) is 31.2 Å². The number of fused-ring (bicyclic) bond motifs is 2. The lowest BCUT2D eigenvalue weighted by Gasteiger charge is -2.40. The summed E-state index contributed by atoms with van der Waals surface area (Å²) in [4.78, 5) is 26.7. The molecule has 0 aromatic heterocycles. The van der Waals surface area contributed by atoms with Gasteiger partial charge in [0.15, 0.2) is 23.0 Å². The van der Waals surface area contributed by atoms with Crippen molar-refractivity contribution in [2.24, 2.45) is 0 Å². The topological polar surface area (TPSA) is 98.4 Å². The highest BCUT2D eigenvalue weighted by Gasteiger charge is 2.37. The van der Waals surface area contributed by atoms with Crippen LogP contribution in [-0.4, -0.2) is 58.0 Å². The largest absolute Gasteiger partial charge is 0.493 e. The number of hydrogen-bond acceptors (Lipinski definition) is 7. The zero-order valence-corrected chi connectivity index (χ0v) is 20.2. The predicted octanol–water partition coefficient (Wildman–Crippen LogP) is 3.67. The predicted molar refractivity (Wildman–Crippen MR) is 127 cm³/mol. The molecule has 9 nitrogen and oxygen atoms in total. The average molecular weight is 470 g/mol. The fraction of sp³-hybridized carbons (Fsp3) is 0.440. The van der Waals surface area contributed by atoms with Crippen molar-refractivity contribution in [3.8, 4) is 34.1 Å². The first kappa shape index (κ1) is 23.7. The van der Waals surface area contributed by atoms with Gasteiger partial charge in [0.25, 0.3) is 0 Å². The molecule has 0 spiro atoms. The Labute approximate surface area is 199 Å². The number of methoxy groups -OCH3 is 2. The van der Waals surface area contributed by atoms with Crippen LogP contribution in [0.3, 0.4) is 0 Å².